The van der Waals surface area contributed by atoms with E-state index in [9.17, 15) is 18.5 Å². The lowest BCUT2D eigenvalue weighted by Crippen LogP contribution is -2.33. The fraction of sp³-hybridized carbons (Fsp3) is 0.222. The van der Waals surface area contributed by atoms with Crippen molar-refractivity contribution >= 4 is 26.6 Å². The van der Waals surface area contributed by atoms with E-state index in [0.29, 0.717) is 11.2 Å². The molecule has 0 fully saturated rings. The van der Waals surface area contributed by atoms with Gasteiger partial charge in [-0.15, -0.1) is 0 Å². The fourth-order valence-corrected chi connectivity index (χ4v) is 3.87. The molecule has 0 bridgehead atoms. The monoisotopic (exact) mass is 373 g/mol. The predicted molar refractivity (Wildman–Crippen MR) is 100 cm³/mol. The van der Waals surface area contributed by atoms with Gasteiger partial charge in [0.1, 0.15) is 0 Å². The van der Waals surface area contributed by atoms with Crippen molar-refractivity contribution < 1.29 is 13.3 Å². The summed E-state index contributed by atoms with van der Waals surface area (Å²) in [5.74, 6) is 0. The van der Waals surface area contributed by atoms with Gasteiger partial charge in [-0.3, -0.25) is 14.8 Å². The van der Waals surface area contributed by atoms with Crippen molar-refractivity contribution in [1.29, 1.82) is 0 Å². The highest BCUT2D eigenvalue weighted by atomic mass is 32.2. The first kappa shape index (κ1) is 17.9. The van der Waals surface area contributed by atoms with Gasteiger partial charge in [-0.25, -0.2) is 8.42 Å². The van der Waals surface area contributed by atoms with Gasteiger partial charge in [0.25, 0.3) is 10.0 Å². The topological polar surface area (TPSA) is 105 Å². The Morgan fingerprint density at radius 3 is 2.46 bits per heavy atom. The molecule has 7 nitrogen and oxygen atoms in total. The smallest absolute Gasteiger partial charge is 0.261 e. The van der Waals surface area contributed by atoms with Gasteiger partial charge in [-0.1, -0.05) is 30.3 Å². The number of sulfonamides is 1. The van der Waals surface area contributed by atoms with E-state index in [1.807, 2.05) is 6.07 Å². The third-order valence-corrected chi connectivity index (χ3v) is 5.60. The Morgan fingerprint density at radius 1 is 1.12 bits per heavy atom. The summed E-state index contributed by atoms with van der Waals surface area (Å²) in [7, 11) is -3.72. The van der Waals surface area contributed by atoms with Crippen LogP contribution in [0.2, 0.25) is 0 Å². The zero-order valence-corrected chi connectivity index (χ0v) is 15.2. The number of H-pyrrole nitrogens is 1. The lowest BCUT2D eigenvalue weighted by molar-refractivity contribution is -0.560. The lowest BCUT2D eigenvalue weighted by Gasteiger charge is -2.15. The van der Waals surface area contributed by atoms with E-state index in [-0.39, 0.29) is 16.2 Å². The van der Waals surface area contributed by atoms with Gasteiger partial charge in [-0.2, -0.15) is 0 Å². The summed E-state index contributed by atoms with van der Waals surface area (Å²) in [5.41, 5.74) is 0.648. The first-order chi connectivity index (χ1) is 12.2. The molecular weight excluding hydrogens is 354 g/mol. The third kappa shape index (κ3) is 3.41. The molecule has 3 aromatic rings. The van der Waals surface area contributed by atoms with E-state index >= 15 is 0 Å². The summed E-state index contributed by atoms with van der Waals surface area (Å²) in [5, 5.41) is 12.0. The van der Waals surface area contributed by atoms with Crippen LogP contribution in [0.1, 0.15) is 19.4 Å². The van der Waals surface area contributed by atoms with Crippen molar-refractivity contribution in [3.63, 3.8) is 0 Å². The Bertz CT molecular complexity index is 1060. The molecule has 0 aliphatic heterocycles. The summed E-state index contributed by atoms with van der Waals surface area (Å²) >= 11 is 0. The van der Waals surface area contributed by atoms with Crippen LogP contribution >= 0.6 is 0 Å². The number of hydrogen-bond acceptors (Lipinski definition) is 4. The number of fused-ring (bicyclic) bond motifs is 1. The summed E-state index contributed by atoms with van der Waals surface area (Å²) in [6.45, 7) is 3.13. The number of nitrogens with zero attached hydrogens (tertiary/aromatic N) is 1. The molecule has 3 rings (SSSR count). The minimum Gasteiger partial charge on any atom is -0.359 e. The number of benzene rings is 2. The maximum absolute atomic E-state index is 12.6. The minimum absolute atomic E-state index is 0.165. The third-order valence-electron chi connectivity index (χ3n) is 4.22. The van der Waals surface area contributed by atoms with Gasteiger partial charge in [0.15, 0.2) is 0 Å². The Labute approximate surface area is 151 Å². The van der Waals surface area contributed by atoms with Crippen LogP contribution in [0.3, 0.4) is 0 Å². The average Bonchev–Trinajstić information content (AvgIpc) is 2.99. The average molecular weight is 373 g/mol. The zero-order valence-electron chi connectivity index (χ0n) is 14.4. The maximum Gasteiger partial charge on any atom is 0.261 e. The highest BCUT2D eigenvalue weighted by molar-refractivity contribution is 7.92. The number of aromatic amines is 1. The van der Waals surface area contributed by atoms with Crippen LogP contribution in [0, 0.1) is 10.1 Å². The van der Waals surface area contributed by atoms with Crippen molar-refractivity contribution in [2.45, 2.75) is 30.7 Å². The van der Waals surface area contributed by atoms with Crippen LogP contribution in [-0.4, -0.2) is 23.9 Å². The number of nitrogens with one attached hydrogen (secondary N) is 2. The Balaban J connectivity index is 1.98. The van der Waals surface area contributed by atoms with Crippen LogP contribution in [0.5, 0.6) is 0 Å². The molecule has 0 aliphatic rings. The second-order valence-electron chi connectivity index (χ2n) is 6.71. The van der Waals surface area contributed by atoms with Crippen LogP contribution < -0.4 is 4.72 Å². The SMILES string of the molecule is CC(C)(Cc1c[nH]c2c(NS(=O)(=O)c3ccccc3)cccc12)[N+](=O)[O-]. The van der Waals surface area contributed by atoms with Crippen molar-refractivity contribution in [3.8, 4) is 0 Å². The van der Waals surface area contributed by atoms with Gasteiger partial charge >= 0.3 is 0 Å². The molecule has 0 amide bonds. The van der Waals surface area contributed by atoms with Crippen molar-refractivity contribution in [2.75, 3.05) is 4.72 Å². The first-order valence-corrected chi connectivity index (χ1v) is 9.50. The zero-order chi connectivity index (χ0) is 18.9. The maximum atomic E-state index is 12.6. The Kier molecular flexibility index (Phi) is 4.45. The minimum atomic E-state index is -3.72. The Hall–Kier alpha value is -2.87. The molecule has 0 saturated heterocycles. The highest BCUT2D eigenvalue weighted by Crippen LogP contribution is 2.29. The summed E-state index contributed by atoms with van der Waals surface area (Å²) in [6, 6.07) is 13.3. The summed E-state index contributed by atoms with van der Waals surface area (Å²) in [6.07, 6.45) is 1.92. The van der Waals surface area contributed by atoms with Gasteiger partial charge < -0.3 is 4.98 Å². The normalized spacial score (nSPS) is 12.2. The largest absolute Gasteiger partial charge is 0.359 e. The van der Waals surface area contributed by atoms with E-state index in [1.54, 1.807) is 50.4 Å². The molecule has 8 heteroatoms. The van der Waals surface area contributed by atoms with E-state index in [2.05, 4.69) is 9.71 Å². The van der Waals surface area contributed by atoms with Crippen LogP contribution in [0.15, 0.2) is 59.6 Å². The number of rotatable bonds is 6. The van der Waals surface area contributed by atoms with Crippen LogP contribution in [-0.2, 0) is 16.4 Å². The lowest BCUT2D eigenvalue weighted by atomic mass is 9.95. The fourth-order valence-electron chi connectivity index (χ4n) is 2.78. The quantitative estimate of drug-likeness (QED) is 0.509. The molecule has 0 radical (unpaired) electrons. The van der Waals surface area contributed by atoms with Crippen molar-refractivity contribution in [1.82, 2.24) is 4.98 Å². The molecule has 0 unspecified atom stereocenters. The number of hydrogen-bond donors (Lipinski definition) is 2. The van der Waals surface area contributed by atoms with Crippen molar-refractivity contribution in [3.05, 3.63) is 70.4 Å². The number of aromatic nitrogens is 1. The molecule has 26 heavy (non-hydrogen) atoms. The molecular formula is C18H19N3O4S. The molecule has 2 aromatic carbocycles. The highest BCUT2D eigenvalue weighted by Gasteiger charge is 2.32. The first-order valence-electron chi connectivity index (χ1n) is 8.02. The van der Waals surface area contributed by atoms with Gasteiger partial charge in [0, 0.05) is 36.8 Å². The van der Waals surface area contributed by atoms with E-state index in [4.69, 9.17) is 0 Å². The van der Waals surface area contributed by atoms with E-state index in [1.165, 1.54) is 12.1 Å². The predicted octanol–water partition coefficient (Wildman–Crippen LogP) is 3.57. The molecule has 1 heterocycles. The van der Waals surface area contributed by atoms with Gasteiger partial charge in [-0.05, 0) is 23.8 Å². The van der Waals surface area contributed by atoms with Gasteiger partial charge in [0.2, 0.25) is 5.54 Å². The van der Waals surface area contributed by atoms with Gasteiger partial charge in [0.05, 0.1) is 16.1 Å². The van der Waals surface area contributed by atoms with Crippen LogP contribution in [0.25, 0.3) is 10.9 Å². The molecule has 1 aromatic heterocycles. The molecule has 0 saturated carbocycles. The summed E-state index contributed by atoms with van der Waals surface area (Å²) in [4.78, 5) is 14.1. The number of nitro groups is 1. The molecule has 0 spiro atoms. The molecule has 136 valence electrons. The number of para-hydroxylation sites is 1. The molecule has 0 aliphatic carbocycles. The second kappa shape index (κ2) is 6.45. The molecule has 2 N–H and O–H groups in total. The standard InChI is InChI=1S/C18H19N3O4S/c1-18(2,21(22)23)11-13-12-19-17-15(13)9-6-10-16(17)20-26(24,25)14-7-4-3-5-8-14/h3-10,12,19-20H,11H2,1-2H3. The second-order valence-corrected chi connectivity index (χ2v) is 8.39. The van der Waals surface area contributed by atoms with Crippen LogP contribution in [0.4, 0.5) is 5.69 Å². The van der Waals surface area contributed by atoms with E-state index in [0.717, 1.165) is 10.9 Å². The van der Waals surface area contributed by atoms with Crippen molar-refractivity contribution in [2.24, 2.45) is 0 Å². The molecule has 0 atom stereocenters. The number of anilines is 1. The Morgan fingerprint density at radius 2 is 1.81 bits per heavy atom. The summed E-state index contributed by atoms with van der Waals surface area (Å²) < 4.78 is 27.7. The van der Waals surface area contributed by atoms with E-state index < -0.39 is 15.6 Å².